The van der Waals surface area contributed by atoms with Crippen LogP contribution in [-0.4, -0.2) is 36.7 Å². The second-order valence-electron chi connectivity index (χ2n) is 7.40. The van der Waals surface area contributed by atoms with Crippen molar-refractivity contribution in [2.45, 2.75) is 24.3 Å². The Labute approximate surface area is 180 Å². The molecule has 2 amide bonds. The van der Waals surface area contributed by atoms with Crippen LogP contribution in [-0.2, 0) is 16.6 Å². The third-order valence-electron chi connectivity index (χ3n) is 5.25. The van der Waals surface area contributed by atoms with Gasteiger partial charge < -0.3 is 0 Å². The molecule has 0 bridgehead atoms. The zero-order valence-corrected chi connectivity index (χ0v) is 17.7. The largest absolute Gasteiger partial charge is 0.280 e. The maximum Gasteiger partial charge on any atom is 0.280 e. The molecule has 3 aromatic rings. The molecule has 1 N–H and O–H groups in total. The first kappa shape index (κ1) is 20.9. The van der Waals surface area contributed by atoms with Crippen molar-refractivity contribution in [1.29, 1.82) is 0 Å². The molecule has 1 aliphatic rings. The molecule has 4 rings (SSSR count). The number of pyridine rings is 1. The second kappa shape index (κ2) is 8.41. The molecule has 31 heavy (non-hydrogen) atoms. The zero-order valence-electron chi connectivity index (χ0n) is 16.9. The van der Waals surface area contributed by atoms with Gasteiger partial charge in [-0.3, -0.25) is 19.5 Å². The van der Waals surface area contributed by atoms with E-state index in [4.69, 9.17) is 0 Å². The maximum absolute atomic E-state index is 12.6. The standard InChI is InChI=1S/C23H21N3O4S/c1-16(18-6-3-2-4-7-18)14-25-31(29,30)19-11-9-17(10-12-19)15-26-22(27)20-8-5-13-24-21(20)23(26)28/h2-13,16,25H,14-15H2,1H3. The number of rotatable bonds is 7. The molecule has 1 aromatic heterocycles. The van der Waals surface area contributed by atoms with Crippen molar-refractivity contribution in [3.05, 3.63) is 95.3 Å². The molecule has 0 spiro atoms. The summed E-state index contributed by atoms with van der Waals surface area (Å²) in [5.74, 6) is -0.826. The fraction of sp³-hybridized carbons (Fsp3) is 0.174. The molecule has 2 aromatic carbocycles. The van der Waals surface area contributed by atoms with Gasteiger partial charge in [-0.25, -0.2) is 13.1 Å². The van der Waals surface area contributed by atoms with Crippen molar-refractivity contribution in [2.24, 2.45) is 0 Å². The highest BCUT2D eigenvalue weighted by atomic mass is 32.2. The van der Waals surface area contributed by atoms with Gasteiger partial charge in [0.05, 0.1) is 17.0 Å². The van der Waals surface area contributed by atoms with Gasteiger partial charge in [0.15, 0.2) is 0 Å². The summed E-state index contributed by atoms with van der Waals surface area (Å²) in [6.07, 6.45) is 1.47. The fourth-order valence-electron chi connectivity index (χ4n) is 3.43. The Morgan fingerprint density at radius 3 is 2.32 bits per heavy atom. The summed E-state index contributed by atoms with van der Waals surface area (Å²) < 4.78 is 27.9. The first-order valence-electron chi connectivity index (χ1n) is 9.81. The zero-order chi connectivity index (χ0) is 22.0. The van der Waals surface area contributed by atoms with Gasteiger partial charge in [-0.1, -0.05) is 49.4 Å². The van der Waals surface area contributed by atoms with Crippen LogP contribution in [0.2, 0.25) is 0 Å². The fourth-order valence-corrected chi connectivity index (χ4v) is 4.56. The van der Waals surface area contributed by atoms with Gasteiger partial charge >= 0.3 is 0 Å². The lowest BCUT2D eigenvalue weighted by Crippen LogP contribution is -2.29. The normalized spacial score (nSPS) is 14.5. The monoisotopic (exact) mass is 435 g/mol. The van der Waals surface area contributed by atoms with Gasteiger partial charge in [0.1, 0.15) is 5.69 Å². The van der Waals surface area contributed by atoms with Gasteiger partial charge in [0.2, 0.25) is 10.0 Å². The van der Waals surface area contributed by atoms with E-state index in [0.29, 0.717) is 5.56 Å². The molecule has 0 aliphatic carbocycles. The van der Waals surface area contributed by atoms with Crippen molar-refractivity contribution in [2.75, 3.05) is 6.54 Å². The molecular formula is C23H21N3O4S. The molecule has 7 nitrogen and oxygen atoms in total. The molecule has 1 atom stereocenters. The van der Waals surface area contributed by atoms with Crippen molar-refractivity contribution in [1.82, 2.24) is 14.6 Å². The van der Waals surface area contributed by atoms with E-state index in [1.165, 1.54) is 18.3 Å². The smallest absolute Gasteiger partial charge is 0.268 e. The summed E-state index contributed by atoms with van der Waals surface area (Å²) in [5.41, 5.74) is 2.12. The molecule has 0 saturated heterocycles. The van der Waals surface area contributed by atoms with Crippen LogP contribution in [0, 0.1) is 0 Å². The number of imide groups is 1. The van der Waals surface area contributed by atoms with E-state index < -0.39 is 21.8 Å². The third-order valence-corrected chi connectivity index (χ3v) is 6.69. The number of carbonyl (C=O) groups excluding carboxylic acids is 2. The maximum atomic E-state index is 12.6. The number of fused-ring (bicyclic) bond motifs is 1. The van der Waals surface area contributed by atoms with E-state index >= 15 is 0 Å². The lowest BCUT2D eigenvalue weighted by molar-refractivity contribution is 0.0640. The van der Waals surface area contributed by atoms with E-state index in [1.807, 2.05) is 37.3 Å². The minimum Gasteiger partial charge on any atom is -0.268 e. The molecular weight excluding hydrogens is 414 g/mol. The van der Waals surface area contributed by atoms with E-state index in [2.05, 4.69) is 9.71 Å². The summed E-state index contributed by atoms with van der Waals surface area (Å²) in [6, 6.07) is 19.0. The highest BCUT2D eigenvalue weighted by Crippen LogP contribution is 2.23. The molecule has 0 radical (unpaired) electrons. The van der Waals surface area contributed by atoms with Crippen LogP contribution >= 0.6 is 0 Å². The number of hydrogen-bond donors (Lipinski definition) is 1. The SMILES string of the molecule is CC(CNS(=O)(=O)c1ccc(CN2C(=O)c3cccnc3C2=O)cc1)c1ccccc1. The number of carbonyl (C=O) groups is 2. The van der Waals surface area contributed by atoms with Crippen LogP contribution in [0.5, 0.6) is 0 Å². The molecule has 0 saturated carbocycles. The highest BCUT2D eigenvalue weighted by molar-refractivity contribution is 7.89. The number of amides is 2. The second-order valence-corrected chi connectivity index (χ2v) is 9.17. The van der Waals surface area contributed by atoms with E-state index in [9.17, 15) is 18.0 Å². The number of nitrogens with zero attached hydrogens (tertiary/aromatic N) is 2. The number of sulfonamides is 1. The molecule has 1 unspecified atom stereocenters. The lowest BCUT2D eigenvalue weighted by atomic mass is 10.0. The minimum absolute atomic E-state index is 0.0256. The van der Waals surface area contributed by atoms with Crippen LogP contribution in [0.1, 0.15) is 44.8 Å². The minimum atomic E-state index is -3.68. The van der Waals surface area contributed by atoms with E-state index in [0.717, 1.165) is 10.5 Å². The van der Waals surface area contributed by atoms with Crippen molar-refractivity contribution >= 4 is 21.8 Å². The molecule has 2 heterocycles. The Balaban J connectivity index is 1.42. The Kier molecular flexibility index (Phi) is 5.67. The predicted molar refractivity (Wildman–Crippen MR) is 115 cm³/mol. The summed E-state index contributed by atoms with van der Waals surface area (Å²) in [4.78, 5) is 30.1. The molecule has 1 aliphatic heterocycles. The number of hydrogen-bond acceptors (Lipinski definition) is 5. The average Bonchev–Trinajstić information content (AvgIpc) is 3.03. The predicted octanol–water partition coefficient (Wildman–Crippen LogP) is 2.96. The topological polar surface area (TPSA) is 96.4 Å². The number of nitrogens with one attached hydrogen (secondary N) is 1. The summed E-state index contributed by atoms with van der Waals surface area (Å²) in [7, 11) is -3.68. The van der Waals surface area contributed by atoms with E-state index in [-0.39, 0.29) is 35.2 Å². The van der Waals surface area contributed by atoms with Crippen LogP contribution < -0.4 is 4.72 Å². The van der Waals surface area contributed by atoms with Crippen LogP contribution in [0.4, 0.5) is 0 Å². The number of benzene rings is 2. The number of aromatic nitrogens is 1. The van der Waals surface area contributed by atoms with Crippen LogP contribution in [0.25, 0.3) is 0 Å². The lowest BCUT2D eigenvalue weighted by Gasteiger charge is -2.15. The van der Waals surface area contributed by atoms with E-state index in [1.54, 1.807) is 24.3 Å². The Hall–Kier alpha value is -3.36. The van der Waals surface area contributed by atoms with Gasteiger partial charge in [-0.2, -0.15) is 0 Å². The van der Waals surface area contributed by atoms with Crippen molar-refractivity contribution in [3.63, 3.8) is 0 Å². The van der Waals surface area contributed by atoms with Crippen LogP contribution in [0.15, 0.2) is 77.8 Å². The van der Waals surface area contributed by atoms with Gasteiger partial charge in [-0.05, 0) is 41.3 Å². The highest BCUT2D eigenvalue weighted by Gasteiger charge is 2.36. The molecule has 0 fully saturated rings. The first-order valence-corrected chi connectivity index (χ1v) is 11.3. The quantitative estimate of drug-likeness (QED) is 0.576. The van der Waals surface area contributed by atoms with Gasteiger partial charge in [-0.15, -0.1) is 0 Å². The summed E-state index contributed by atoms with van der Waals surface area (Å²) in [6.45, 7) is 2.28. The average molecular weight is 436 g/mol. The molecule has 8 heteroatoms. The molecule has 158 valence electrons. The Morgan fingerprint density at radius 1 is 0.935 bits per heavy atom. The Morgan fingerprint density at radius 2 is 1.65 bits per heavy atom. The third kappa shape index (κ3) is 4.26. The first-order chi connectivity index (χ1) is 14.9. The van der Waals surface area contributed by atoms with Gasteiger partial charge in [0.25, 0.3) is 11.8 Å². The van der Waals surface area contributed by atoms with Crippen LogP contribution in [0.3, 0.4) is 0 Å². The van der Waals surface area contributed by atoms with Crippen molar-refractivity contribution in [3.8, 4) is 0 Å². The Bertz CT molecular complexity index is 1190. The summed E-state index contributed by atoms with van der Waals surface area (Å²) >= 11 is 0. The summed E-state index contributed by atoms with van der Waals surface area (Å²) in [5, 5.41) is 0. The van der Waals surface area contributed by atoms with Gasteiger partial charge in [0, 0.05) is 12.7 Å². The van der Waals surface area contributed by atoms with Crippen molar-refractivity contribution < 1.29 is 18.0 Å².